The maximum absolute atomic E-state index is 12.8. The van der Waals surface area contributed by atoms with Crippen LogP contribution in [0, 0.1) is 0 Å². The molecule has 0 bridgehead atoms. The molecule has 6 nitrogen and oxygen atoms in total. The molecule has 23 heavy (non-hydrogen) atoms. The summed E-state index contributed by atoms with van der Waals surface area (Å²) >= 11 is 0. The molecule has 2 amide bonds. The number of alkyl halides is 3. The average molecular weight is 331 g/mol. The van der Waals surface area contributed by atoms with E-state index in [4.69, 9.17) is 0 Å². The lowest BCUT2D eigenvalue weighted by Gasteiger charge is -2.26. The van der Waals surface area contributed by atoms with Gasteiger partial charge in [0.2, 0.25) is 5.91 Å². The third-order valence-electron chi connectivity index (χ3n) is 3.29. The molecule has 9 heteroatoms. The molecule has 1 heterocycles. The van der Waals surface area contributed by atoms with Crippen molar-refractivity contribution in [3.8, 4) is 0 Å². The Balaban J connectivity index is 2.33. The number of fused-ring (bicyclic) bond motifs is 1. The van der Waals surface area contributed by atoms with Crippen LogP contribution in [0.2, 0.25) is 0 Å². The largest absolute Gasteiger partial charge is 0.406 e. The summed E-state index contributed by atoms with van der Waals surface area (Å²) in [4.78, 5) is 24.6. The number of hydrogen-bond acceptors (Lipinski definition) is 4. The van der Waals surface area contributed by atoms with E-state index in [0.717, 1.165) is 0 Å². The van der Waals surface area contributed by atoms with Crippen molar-refractivity contribution in [2.24, 2.45) is 0 Å². The summed E-state index contributed by atoms with van der Waals surface area (Å²) in [6.07, 6.45) is -5.96. The number of aliphatic hydroxyl groups excluding tert-OH is 1. The van der Waals surface area contributed by atoms with Crippen molar-refractivity contribution < 1.29 is 27.9 Å². The quantitative estimate of drug-likeness (QED) is 0.768. The average Bonchev–Trinajstić information content (AvgIpc) is 2.58. The van der Waals surface area contributed by atoms with Crippen LogP contribution in [-0.4, -0.2) is 48.3 Å². The summed E-state index contributed by atoms with van der Waals surface area (Å²) in [5.41, 5.74) is 0.447. The summed E-state index contributed by atoms with van der Waals surface area (Å²) in [5, 5.41) is 14.3. The fraction of sp³-hybridized carbons (Fsp3) is 0.429. The second-order valence-electron chi connectivity index (χ2n) is 5.17. The SMILES string of the molecule is CC(O)C(=O)NC1CNc2ccccc2N(CC(F)(F)F)C1=O. The van der Waals surface area contributed by atoms with Gasteiger partial charge in [-0.3, -0.25) is 14.5 Å². The number of nitrogens with one attached hydrogen (secondary N) is 2. The number of amides is 2. The highest BCUT2D eigenvalue weighted by Gasteiger charge is 2.39. The van der Waals surface area contributed by atoms with E-state index in [2.05, 4.69) is 10.6 Å². The molecule has 0 saturated carbocycles. The van der Waals surface area contributed by atoms with Crippen LogP contribution in [0.1, 0.15) is 6.92 Å². The van der Waals surface area contributed by atoms with Crippen LogP contribution in [0.15, 0.2) is 24.3 Å². The first-order chi connectivity index (χ1) is 10.7. The monoisotopic (exact) mass is 331 g/mol. The first-order valence-electron chi connectivity index (χ1n) is 6.88. The molecule has 2 unspecified atom stereocenters. The first kappa shape index (κ1) is 17.1. The van der Waals surface area contributed by atoms with Gasteiger partial charge in [0.1, 0.15) is 18.7 Å². The zero-order valence-corrected chi connectivity index (χ0v) is 12.2. The number of carbonyl (C=O) groups is 2. The number of aliphatic hydroxyl groups is 1. The lowest BCUT2D eigenvalue weighted by Crippen LogP contribution is -2.54. The predicted molar refractivity (Wildman–Crippen MR) is 77.0 cm³/mol. The first-order valence-corrected chi connectivity index (χ1v) is 6.88. The molecule has 0 aliphatic carbocycles. The number of para-hydroxylation sites is 2. The van der Waals surface area contributed by atoms with E-state index in [0.29, 0.717) is 10.6 Å². The van der Waals surface area contributed by atoms with Gasteiger partial charge >= 0.3 is 6.18 Å². The van der Waals surface area contributed by atoms with Crippen LogP contribution in [0.4, 0.5) is 24.5 Å². The number of nitrogens with zero attached hydrogens (tertiary/aromatic N) is 1. The van der Waals surface area contributed by atoms with E-state index in [-0.39, 0.29) is 12.2 Å². The lowest BCUT2D eigenvalue weighted by molar-refractivity contribution is -0.136. The Morgan fingerprint density at radius 3 is 2.74 bits per heavy atom. The van der Waals surface area contributed by atoms with Crippen molar-refractivity contribution in [1.82, 2.24) is 5.32 Å². The van der Waals surface area contributed by atoms with Gasteiger partial charge in [-0.25, -0.2) is 0 Å². The van der Waals surface area contributed by atoms with E-state index >= 15 is 0 Å². The Morgan fingerprint density at radius 1 is 1.48 bits per heavy atom. The minimum Gasteiger partial charge on any atom is -0.384 e. The van der Waals surface area contributed by atoms with Crippen LogP contribution in [0.25, 0.3) is 0 Å². The predicted octanol–water partition coefficient (Wildman–Crippen LogP) is 0.873. The lowest BCUT2D eigenvalue weighted by atomic mass is 10.2. The summed E-state index contributed by atoms with van der Waals surface area (Å²) in [6, 6.07) is 4.87. The zero-order valence-electron chi connectivity index (χ0n) is 12.2. The summed E-state index contributed by atoms with van der Waals surface area (Å²) in [5.74, 6) is -1.73. The smallest absolute Gasteiger partial charge is 0.384 e. The standard InChI is InChI=1S/C14H16F3N3O3/c1-8(21)12(22)19-10-6-18-9-4-2-3-5-11(9)20(13(10)23)7-14(15,16)17/h2-5,8,10,18,21H,6-7H2,1H3,(H,19,22). The van der Waals surface area contributed by atoms with Crippen molar-refractivity contribution >= 4 is 23.2 Å². The Bertz CT molecular complexity index is 604. The molecule has 0 spiro atoms. The van der Waals surface area contributed by atoms with Gasteiger partial charge in [0.05, 0.1) is 11.4 Å². The van der Waals surface area contributed by atoms with Crippen LogP contribution in [0.5, 0.6) is 0 Å². The Hall–Kier alpha value is -2.29. The van der Waals surface area contributed by atoms with E-state index in [1.165, 1.54) is 19.1 Å². The fourth-order valence-corrected chi connectivity index (χ4v) is 2.21. The van der Waals surface area contributed by atoms with Gasteiger partial charge in [-0.2, -0.15) is 13.2 Å². The highest BCUT2D eigenvalue weighted by Crippen LogP contribution is 2.31. The molecular formula is C14H16F3N3O3. The van der Waals surface area contributed by atoms with Gasteiger partial charge in [-0.15, -0.1) is 0 Å². The minimum absolute atomic E-state index is 0.0807. The van der Waals surface area contributed by atoms with E-state index in [1.807, 2.05) is 0 Å². The number of hydrogen-bond donors (Lipinski definition) is 3. The molecule has 1 aromatic carbocycles. The van der Waals surface area contributed by atoms with Gasteiger partial charge < -0.3 is 15.7 Å². The summed E-state index contributed by atoms with van der Waals surface area (Å²) in [6.45, 7) is -0.347. The Morgan fingerprint density at radius 2 is 2.13 bits per heavy atom. The number of benzene rings is 1. The third-order valence-corrected chi connectivity index (χ3v) is 3.29. The summed E-state index contributed by atoms with van der Waals surface area (Å²) in [7, 11) is 0. The minimum atomic E-state index is -4.59. The second kappa shape index (κ2) is 6.45. The molecule has 1 aromatic rings. The third kappa shape index (κ3) is 4.13. The molecule has 1 aliphatic heterocycles. The molecule has 0 radical (unpaired) electrons. The summed E-state index contributed by atoms with van der Waals surface area (Å²) < 4.78 is 38.4. The van der Waals surface area contributed by atoms with Gasteiger partial charge in [-0.05, 0) is 19.1 Å². The van der Waals surface area contributed by atoms with Crippen LogP contribution >= 0.6 is 0 Å². The van der Waals surface area contributed by atoms with Crippen molar-refractivity contribution in [3.05, 3.63) is 24.3 Å². The molecule has 0 saturated heterocycles. The second-order valence-corrected chi connectivity index (χ2v) is 5.17. The molecule has 0 fully saturated rings. The number of carbonyl (C=O) groups excluding carboxylic acids is 2. The van der Waals surface area contributed by atoms with Gasteiger partial charge in [0.25, 0.3) is 5.91 Å². The Kier molecular flexibility index (Phi) is 4.79. The molecule has 126 valence electrons. The Labute approximate surface area is 130 Å². The molecule has 1 aliphatic rings. The molecule has 0 aromatic heterocycles. The molecule has 2 rings (SSSR count). The van der Waals surface area contributed by atoms with Crippen molar-refractivity contribution in [2.45, 2.75) is 25.2 Å². The van der Waals surface area contributed by atoms with Gasteiger partial charge in [-0.1, -0.05) is 12.1 Å². The van der Waals surface area contributed by atoms with E-state index < -0.39 is 36.7 Å². The van der Waals surface area contributed by atoms with Crippen molar-refractivity contribution in [1.29, 1.82) is 0 Å². The number of anilines is 2. The van der Waals surface area contributed by atoms with Gasteiger partial charge in [0, 0.05) is 6.54 Å². The maximum Gasteiger partial charge on any atom is 0.406 e. The highest BCUT2D eigenvalue weighted by atomic mass is 19.4. The molecule has 3 N–H and O–H groups in total. The molecule has 2 atom stereocenters. The van der Waals surface area contributed by atoms with E-state index in [1.54, 1.807) is 12.1 Å². The fourth-order valence-electron chi connectivity index (χ4n) is 2.21. The van der Waals surface area contributed by atoms with Crippen molar-refractivity contribution in [3.63, 3.8) is 0 Å². The van der Waals surface area contributed by atoms with E-state index in [9.17, 15) is 27.9 Å². The van der Waals surface area contributed by atoms with Crippen LogP contribution in [0.3, 0.4) is 0 Å². The van der Waals surface area contributed by atoms with Crippen molar-refractivity contribution in [2.75, 3.05) is 23.3 Å². The number of halogens is 3. The highest BCUT2D eigenvalue weighted by molar-refractivity contribution is 6.03. The van der Waals surface area contributed by atoms with Gasteiger partial charge in [0.15, 0.2) is 0 Å². The topological polar surface area (TPSA) is 81.7 Å². The number of rotatable bonds is 3. The normalized spacial score (nSPS) is 19.4. The van der Waals surface area contributed by atoms with Crippen LogP contribution < -0.4 is 15.5 Å². The molecular weight excluding hydrogens is 315 g/mol. The van der Waals surface area contributed by atoms with Crippen LogP contribution in [-0.2, 0) is 9.59 Å². The zero-order chi connectivity index (χ0) is 17.2. The maximum atomic E-state index is 12.8.